The second kappa shape index (κ2) is 11.6. The van der Waals surface area contributed by atoms with Gasteiger partial charge in [-0.2, -0.15) is 0 Å². The summed E-state index contributed by atoms with van der Waals surface area (Å²) in [4.78, 5) is 42.0. The number of hydrogen-bond donors (Lipinski definition) is 3. The van der Waals surface area contributed by atoms with Crippen molar-refractivity contribution in [2.24, 2.45) is 0 Å². The van der Waals surface area contributed by atoms with Gasteiger partial charge in [-0.25, -0.2) is 9.18 Å². The van der Waals surface area contributed by atoms with Gasteiger partial charge in [0.25, 0.3) is 11.8 Å². The van der Waals surface area contributed by atoms with E-state index in [1.807, 2.05) is 36.5 Å². The van der Waals surface area contributed by atoms with Gasteiger partial charge in [-0.05, 0) is 77.9 Å². The molecule has 5 rings (SSSR count). The van der Waals surface area contributed by atoms with Crippen LogP contribution in [0.2, 0.25) is 0 Å². The first-order chi connectivity index (χ1) is 19.4. The number of halogens is 1. The zero-order valence-electron chi connectivity index (χ0n) is 22.3. The maximum absolute atomic E-state index is 14.5. The van der Waals surface area contributed by atoms with E-state index >= 15 is 0 Å². The van der Waals surface area contributed by atoms with Crippen LogP contribution in [0.25, 0.3) is 22.0 Å². The summed E-state index contributed by atoms with van der Waals surface area (Å²) in [5, 5.41) is 6.29. The lowest BCUT2D eigenvalue weighted by Crippen LogP contribution is -2.43. The molecule has 4 aromatic rings. The van der Waals surface area contributed by atoms with Gasteiger partial charge in [0, 0.05) is 36.1 Å². The molecule has 0 saturated heterocycles. The zero-order valence-corrected chi connectivity index (χ0v) is 22.3. The summed E-state index contributed by atoms with van der Waals surface area (Å²) in [6.07, 6.45) is 4.37. The summed E-state index contributed by atoms with van der Waals surface area (Å²) in [5.41, 5.74) is 3.99. The van der Waals surface area contributed by atoms with Gasteiger partial charge in [0.2, 0.25) is 0 Å². The molecule has 0 fully saturated rings. The van der Waals surface area contributed by atoms with Gasteiger partial charge in [0.05, 0.1) is 19.3 Å². The Morgan fingerprint density at radius 3 is 2.65 bits per heavy atom. The zero-order chi connectivity index (χ0) is 28.2. The number of nitrogens with one attached hydrogen (secondary N) is 3. The third-order valence-electron chi connectivity index (χ3n) is 7.11. The monoisotopic (exact) mass is 543 g/mol. The quantitative estimate of drug-likeness (QED) is 0.296. The number of hydrogen-bond acceptors (Lipinski definition) is 5. The number of aromatic amines is 1. The van der Waals surface area contributed by atoms with E-state index in [-0.39, 0.29) is 17.5 Å². The van der Waals surface area contributed by atoms with Gasteiger partial charge in [-0.1, -0.05) is 18.2 Å². The van der Waals surface area contributed by atoms with Crippen LogP contribution in [0, 0.1) is 5.82 Å². The van der Waals surface area contributed by atoms with Crippen LogP contribution in [0.5, 0.6) is 5.75 Å². The summed E-state index contributed by atoms with van der Waals surface area (Å²) in [6, 6.07) is 14.3. The molecule has 3 aromatic carbocycles. The van der Waals surface area contributed by atoms with Gasteiger partial charge >= 0.3 is 5.97 Å². The Kier molecular flexibility index (Phi) is 7.82. The number of ether oxygens (including phenoxy) is 2. The number of esters is 1. The molecule has 1 aliphatic rings. The summed E-state index contributed by atoms with van der Waals surface area (Å²) in [6.45, 7) is 0.448. The Bertz CT molecular complexity index is 1600. The summed E-state index contributed by atoms with van der Waals surface area (Å²) in [5.74, 6) is -1.65. The Balaban J connectivity index is 1.53. The standard InChI is InChI=1S/C31H30FN3O5/c1-33-29(36)21-12-19(13-23(32)14-21)20-11-18-7-5-6-10-40-28(18)25(15-20)30(37)35-27(31(38)39-2)16-22-17-34-26-9-4-3-8-24(22)26/h3-4,8-9,11-15,17,27,34H,5-7,10,16H2,1-2H3,(H,33,36)(H,35,37). The van der Waals surface area contributed by atoms with Crippen molar-refractivity contribution in [2.45, 2.75) is 31.7 Å². The number of rotatable bonds is 7. The van der Waals surface area contributed by atoms with Gasteiger partial charge < -0.3 is 25.1 Å². The maximum atomic E-state index is 14.5. The van der Waals surface area contributed by atoms with E-state index in [0.29, 0.717) is 29.9 Å². The SMILES string of the molecule is CNC(=O)c1cc(F)cc(-c2cc3c(c(C(=O)NC(Cc4c[nH]c5ccccc45)C(=O)OC)c2)OCCCC3)c1. The number of carbonyl (C=O) groups is 3. The normalized spacial score (nSPS) is 13.5. The highest BCUT2D eigenvalue weighted by Crippen LogP contribution is 2.35. The average molecular weight is 544 g/mol. The van der Waals surface area contributed by atoms with E-state index in [0.717, 1.165) is 40.9 Å². The number of para-hydroxylation sites is 1. The van der Waals surface area contributed by atoms with Gasteiger partial charge in [0.15, 0.2) is 0 Å². The lowest BCUT2D eigenvalue weighted by molar-refractivity contribution is -0.142. The van der Waals surface area contributed by atoms with E-state index in [9.17, 15) is 18.8 Å². The second-order valence-corrected chi connectivity index (χ2v) is 9.74. The molecule has 1 aromatic heterocycles. The predicted molar refractivity (Wildman–Crippen MR) is 149 cm³/mol. The van der Waals surface area contributed by atoms with Crippen molar-refractivity contribution in [1.29, 1.82) is 0 Å². The Morgan fingerprint density at radius 1 is 1.05 bits per heavy atom. The van der Waals surface area contributed by atoms with Crippen molar-refractivity contribution >= 4 is 28.7 Å². The maximum Gasteiger partial charge on any atom is 0.328 e. The largest absolute Gasteiger partial charge is 0.492 e. The minimum Gasteiger partial charge on any atom is -0.492 e. The highest BCUT2D eigenvalue weighted by atomic mass is 19.1. The third kappa shape index (κ3) is 5.54. The first kappa shape index (κ1) is 26.9. The number of H-pyrrole nitrogens is 1. The lowest BCUT2D eigenvalue weighted by atomic mass is 9.94. The van der Waals surface area contributed by atoms with Crippen LogP contribution in [-0.2, 0) is 22.4 Å². The van der Waals surface area contributed by atoms with Crippen molar-refractivity contribution < 1.29 is 28.2 Å². The van der Waals surface area contributed by atoms with E-state index in [1.54, 1.807) is 12.1 Å². The fourth-order valence-electron chi connectivity index (χ4n) is 5.10. The number of methoxy groups -OCH3 is 1. The number of amides is 2. The van der Waals surface area contributed by atoms with Crippen molar-refractivity contribution in [2.75, 3.05) is 20.8 Å². The Hall–Kier alpha value is -4.66. The summed E-state index contributed by atoms with van der Waals surface area (Å²) in [7, 11) is 2.75. The fourth-order valence-corrected chi connectivity index (χ4v) is 5.10. The van der Waals surface area contributed by atoms with Crippen LogP contribution in [0.1, 0.15) is 44.7 Å². The molecule has 2 heterocycles. The lowest BCUT2D eigenvalue weighted by Gasteiger charge is -2.20. The van der Waals surface area contributed by atoms with E-state index in [1.165, 1.54) is 20.2 Å². The molecule has 0 aliphatic carbocycles. The second-order valence-electron chi connectivity index (χ2n) is 9.74. The molecule has 1 atom stereocenters. The molecule has 40 heavy (non-hydrogen) atoms. The highest BCUT2D eigenvalue weighted by Gasteiger charge is 2.27. The van der Waals surface area contributed by atoms with E-state index in [4.69, 9.17) is 9.47 Å². The Labute approximate surface area is 230 Å². The predicted octanol–water partition coefficient (Wildman–Crippen LogP) is 4.56. The molecule has 1 aliphatic heterocycles. The molecular formula is C31H30FN3O5. The molecule has 8 nitrogen and oxygen atoms in total. The van der Waals surface area contributed by atoms with Crippen LogP contribution in [0.3, 0.4) is 0 Å². The van der Waals surface area contributed by atoms with Crippen LogP contribution in [-0.4, -0.2) is 49.6 Å². The summed E-state index contributed by atoms with van der Waals surface area (Å²) < 4.78 is 25.6. The molecule has 206 valence electrons. The van der Waals surface area contributed by atoms with Gasteiger partial charge in [0.1, 0.15) is 17.6 Å². The van der Waals surface area contributed by atoms with Crippen LogP contribution in [0.15, 0.2) is 60.8 Å². The van der Waals surface area contributed by atoms with Crippen LogP contribution >= 0.6 is 0 Å². The van der Waals surface area contributed by atoms with Crippen molar-refractivity contribution in [1.82, 2.24) is 15.6 Å². The first-order valence-corrected chi connectivity index (χ1v) is 13.1. The van der Waals surface area contributed by atoms with E-state index in [2.05, 4.69) is 15.6 Å². The minimum absolute atomic E-state index is 0.166. The third-order valence-corrected chi connectivity index (χ3v) is 7.11. The number of carbonyl (C=O) groups excluding carboxylic acids is 3. The number of aryl methyl sites for hydroxylation is 1. The highest BCUT2D eigenvalue weighted by molar-refractivity contribution is 6.01. The van der Waals surface area contributed by atoms with Crippen molar-refractivity contribution in [3.8, 4) is 16.9 Å². The first-order valence-electron chi connectivity index (χ1n) is 13.1. The molecule has 0 radical (unpaired) electrons. The summed E-state index contributed by atoms with van der Waals surface area (Å²) >= 11 is 0. The molecule has 0 spiro atoms. The van der Waals surface area contributed by atoms with Crippen molar-refractivity contribution in [3.05, 3.63) is 88.9 Å². The molecule has 3 N–H and O–H groups in total. The van der Waals surface area contributed by atoms with Crippen molar-refractivity contribution in [3.63, 3.8) is 0 Å². The van der Waals surface area contributed by atoms with Crippen LogP contribution in [0.4, 0.5) is 4.39 Å². The molecule has 1 unspecified atom stereocenters. The van der Waals surface area contributed by atoms with Crippen LogP contribution < -0.4 is 15.4 Å². The number of fused-ring (bicyclic) bond motifs is 2. The molecule has 2 amide bonds. The number of aromatic nitrogens is 1. The average Bonchev–Trinajstić information content (AvgIpc) is 3.22. The van der Waals surface area contributed by atoms with Gasteiger partial charge in [-0.3, -0.25) is 9.59 Å². The molecular weight excluding hydrogens is 513 g/mol. The van der Waals surface area contributed by atoms with Gasteiger partial charge in [-0.15, -0.1) is 0 Å². The molecule has 0 bridgehead atoms. The fraction of sp³-hybridized carbons (Fsp3) is 0.258. The smallest absolute Gasteiger partial charge is 0.328 e. The molecule has 9 heteroatoms. The minimum atomic E-state index is -0.962. The topological polar surface area (TPSA) is 110 Å². The molecule has 0 saturated carbocycles. The Morgan fingerprint density at radius 2 is 1.85 bits per heavy atom. The van der Waals surface area contributed by atoms with E-state index < -0.39 is 29.6 Å². The number of benzene rings is 3.